The van der Waals surface area contributed by atoms with Crippen LogP contribution in [0.5, 0.6) is 0 Å². The van der Waals surface area contributed by atoms with Crippen LogP contribution in [0, 0.1) is 6.92 Å². The van der Waals surface area contributed by atoms with Gasteiger partial charge in [-0.15, -0.1) is 0 Å². The summed E-state index contributed by atoms with van der Waals surface area (Å²) in [6.07, 6.45) is 0.786. The number of pyridine rings is 1. The van der Waals surface area contributed by atoms with Crippen molar-refractivity contribution in [2.24, 2.45) is 5.73 Å². The largest absolute Gasteiger partial charge is 0.368 e. The predicted octanol–water partition coefficient (Wildman–Crippen LogP) is 0.187. The van der Waals surface area contributed by atoms with Crippen LogP contribution in [0.3, 0.4) is 0 Å². The fourth-order valence-electron chi connectivity index (χ4n) is 1.88. The molecule has 1 fully saturated rings. The summed E-state index contributed by atoms with van der Waals surface area (Å²) in [4.78, 5) is 17.1. The number of anilines is 1. The van der Waals surface area contributed by atoms with E-state index in [1.165, 1.54) is 7.05 Å². The molecule has 1 aliphatic heterocycles. The Hall–Kier alpha value is -1.46. The molecule has 0 bridgehead atoms. The molecule has 1 saturated heterocycles. The Kier molecular flexibility index (Phi) is 5.59. The Morgan fingerprint density at radius 2 is 2.00 bits per heavy atom. The standard InChI is InChI=1S/C11H15N3O.CH5N/c1-9-11(3-2-10(8-15)13-9)14-6-4-12-5-7-14;1-2/h2-3,8,12H,4-7H2,1H3;2H2,1H3. The molecule has 2 heterocycles. The molecular formula is C12H20N4O. The molecule has 17 heavy (non-hydrogen) atoms. The Bertz CT molecular complexity index is 362. The lowest BCUT2D eigenvalue weighted by Crippen LogP contribution is -2.43. The molecule has 1 aromatic heterocycles. The van der Waals surface area contributed by atoms with Gasteiger partial charge in [-0.3, -0.25) is 4.79 Å². The van der Waals surface area contributed by atoms with Crippen molar-refractivity contribution >= 4 is 12.0 Å². The first-order valence-electron chi connectivity index (χ1n) is 5.77. The number of carbonyl (C=O) groups excluding carboxylic acids is 1. The SMILES string of the molecule is CN.Cc1nc(C=O)ccc1N1CCNCC1. The number of nitrogens with one attached hydrogen (secondary N) is 1. The minimum Gasteiger partial charge on any atom is -0.368 e. The summed E-state index contributed by atoms with van der Waals surface area (Å²) in [5.41, 5.74) is 7.08. The van der Waals surface area contributed by atoms with Crippen LogP contribution in [0.15, 0.2) is 12.1 Å². The first-order valence-corrected chi connectivity index (χ1v) is 5.77. The highest BCUT2D eigenvalue weighted by Crippen LogP contribution is 2.18. The third kappa shape index (κ3) is 3.51. The van der Waals surface area contributed by atoms with Gasteiger partial charge >= 0.3 is 0 Å². The van der Waals surface area contributed by atoms with Crippen molar-refractivity contribution in [1.82, 2.24) is 10.3 Å². The highest BCUT2D eigenvalue weighted by atomic mass is 16.1. The van der Waals surface area contributed by atoms with Crippen molar-refractivity contribution < 1.29 is 4.79 Å². The zero-order chi connectivity index (χ0) is 12.7. The number of hydrogen-bond donors (Lipinski definition) is 2. The summed E-state index contributed by atoms with van der Waals surface area (Å²) in [6, 6.07) is 3.76. The van der Waals surface area contributed by atoms with Gasteiger partial charge in [-0.2, -0.15) is 0 Å². The highest BCUT2D eigenvalue weighted by molar-refractivity contribution is 5.73. The van der Waals surface area contributed by atoms with E-state index in [1.54, 1.807) is 6.07 Å². The van der Waals surface area contributed by atoms with Gasteiger partial charge in [0.25, 0.3) is 0 Å². The average molecular weight is 236 g/mol. The van der Waals surface area contributed by atoms with E-state index in [0.29, 0.717) is 5.69 Å². The maximum atomic E-state index is 10.6. The molecular weight excluding hydrogens is 216 g/mol. The van der Waals surface area contributed by atoms with Crippen molar-refractivity contribution in [2.75, 3.05) is 38.1 Å². The Balaban J connectivity index is 0.000000686. The number of aldehydes is 1. The van der Waals surface area contributed by atoms with Crippen LogP contribution in [0.4, 0.5) is 5.69 Å². The van der Waals surface area contributed by atoms with Crippen molar-refractivity contribution in [3.05, 3.63) is 23.5 Å². The second-order valence-corrected chi connectivity index (χ2v) is 3.70. The van der Waals surface area contributed by atoms with Crippen molar-refractivity contribution in [3.63, 3.8) is 0 Å². The van der Waals surface area contributed by atoms with Crippen LogP contribution in [0.1, 0.15) is 16.2 Å². The van der Waals surface area contributed by atoms with Crippen LogP contribution in [-0.4, -0.2) is 44.5 Å². The van der Waals surface area contributed by atoms with Gasteiger partial charge in [0.2, 0.25) is 0 Å². The van der Waals surface area contributed by atoms with Gasteiger partial charge in [0.05, 0.1) is 11.4 Å². The number of aryl methyl sites for hydroxylation is 1. The maximum absolute atomic E-state index is 10.6. The number of piperazine rings is 1. The molecule has 5 nitrogen and oxygen atoms in total. The second kappa shape index (κ2) is 6.98. The highest BCUT2D eigenvalue weighted by Gasteiger charge is 2.13. The van der Waals surface area contributed by atoms with Gasteiger partial charge in [-0.05, 0) is 26.1 Å². The third-order valence-electron chi connectivity index (χ3n) is 2.66. The summed E-state index contributed by atoms with van der Waals surface area (Å²) in [5, 5.41) is 3.31. The van der Waals surface area contributed by atoms with E-state index in [1.807, 2.05) is 13.0 Å². The average Bonchev–Trinajstić information content (AvgIpc) is 2.42. The van der Waals surface area contributed by atoms with Crippen LogP contribution in [-0.2, 0) is 0 Å². The summed E-state index contributed by atoms with van der Waals surface area (Å²) in [6.45, 7) is 5.97. The number of nitrogens with zero attached hydrogens (tertiary/aromatic N) is 2. The summed E-state index contributed by atoms with van der Waals surface area (Å²) < 4.78 is 0. The fourth-order valence-corrected chi connectivity index (χ4v) is 1.88. The molecule has 1 aliphatic rings. The molecule has 2 rings (SSSR count). The van der Waals surface area contributed by atoms with E-state index in [0.717, 1.165) is 43.8 Å². The smallest absolute Gasteiger partial charge is 0.168 e. The lowest BCUT2D eigenvalue weighted by atomic mass is 10.2. The van der Waals surface area contributed by atoms with Crippen LogP contribution < -0.4 is 16.0 Å². The Morgan fingerprint density at radius 1 is 1.35 bits per heavy atom. The zero-order valence-electron chi connectivity index (χ0n) is 10.4. The maximum Gasteiger partial charge on any atom is 0.168 e. The Labute approximate surface area is 102 Å². The second-order valence-electron chi connectivity index (χ2n) is 3.70. The van der Waals surface area contributed by atoms with E-state index in [4.69, 9.17) is 0 Å². The van der Waals surface area contributed by atoms with E-state index in [2.05, 4.69) is 20.9 Å². The monoisotopic (exact) mass is 236 g/mol. The normalized spacial score (nSPS) is 14.9. The molecule has 0 amide bonds. The molecule has 0 radical (unpaired) electrons. The molecule has 0 spiro atoms. The molecule has 0 aliphatic carbocycles. The number of aromatic nitrogens is 1. The molecule has 0 aromatic carbocycles. The topological polar surface area (TPSA) is 71.2 Å². The van der Waals surface area contributed by atoms with Crippen molar-refractivity contribution in [2.45, 2.75) is 6.92 Å². The Morgan fingerprint density at radius 3 is 2.53 bits per heavy atom. The number of rotatable bonds is 2. The number of nitrogens with two attached hydrogens (primary N) is 1. The van der Waals surface area contributed by atoms with Crippen LogP contribution in [0.2, 0.25) is 0 Å². The molecule has 94 valence electrons. The van der Waals surface area contributed by atoms with Gasteiger partial charge < -0.3 is 16.0 Å². The lowest BCUT2D eigenvalue weighted by Gasteiger charge is -2.30. The lowest BCUT2D eigenvalue weighted by molar-refractivity contribution is 0.111. The van der Waals surface area contributed by atoms with E-state index in [9.17, 15) is 4.79 Å². The van der Waals surface area contributed by atoms with Gasteiger partial charge in [-0.25, -0.2) is 4.98 Å². The summed E-state index contributed by atoms with van der Waals surface area (Å²) >= 11 is 0. The van der Waals surface area contributed by atoms with Crippen molar-refractivity contribution in [1.29, 1.82) is 0 Å². The van der Waals surface area contributed by atoms with Gasteiger partial charge in [0.15, 0.2) is 6.29 Å². The van der Waals surface area contributed by atoms with Gasteiger partial charge in [0.1, 0.15) is 5.69 Å². The van der Waals surface area contributed by atoms with E-state index in [-0.39, 0.29) is 0 Å². The number of hydrogen-bond acceptors (Lipinski definition) is 5. The minimum absolute atomic E-state index is 0.506. The van der Waals surface area contributed by atoms with Crippen LogP contribution in [0.25, 0.3) is 0 Å². The summed E-state index contributed by atoms with van der Waals surface area (Å²) in [7, 11) is 1.50. The molecule has 0 unspecified atom stereocenters. The summed E-state index contributed by atoms with van der Waals surface area (Å²) in [5.74, 6) is 0. The van der Waals surface area contributed by atoms with E-state index < -0.39 is 0 Å². The molecule has 0 saturated carbocycles. The zero-order valence-corrected chi connectivity index (χ0v) is 10.4. The molecule has 0 atom stereocenters. The first-order chi connectivity index (χ1) is 8.31. The molecule has 5 heteroatoms. The first kappa shape index (κ1) is 13.6. The minimum atomic E-state index is 0.506. The van der Waals surface area contributed by atoms with Crippen LogP contribution >= 0.6 is 0 Å². The molecule has 1 aromatic rings. The molecule has 3 N–H and O–H groups in total. The van der Waals surface area contributed by atoms with Crippen molar-refractivity contribution in [3.8, 4) is 0 Å². The fraction of sp³-hybridized carbons (Fsp3) is 0.500. The quantitative estimate of drug-likeness (QED) is 0.717. The van der Waals surface area contributed by atoms with Gasteiger partial charge in [0, 0.05) is 26.2 Å². The number of carbonyl (C=O) groups is 1. The van der Waals surface area contributed by atoms with E-state index >= 15 is 0 Å². The van der Waals surface area contributed by atoms with Gasteiger partial charge in [-0.1, -0.05) is 0 Å². The third-order valence-corrected chi connectivity index (χ3v) is 2.66. The predicted molar refractivity (Wildman–Crippen MR) is 69.6 cm³/mol.